The maximum absolute atomic E-state index is 11.5. The van der Waals surface area contributed by atoms with Crippen LogP contribution >= 0.6 is 0 Å². The lowest BCUT2D eigenvalue weighted by molar-refractivity contribution is -0.145. The van der Waals surface area contributed by atoms with Gasteiger partial charge in [-0.05, 0) is 38.2 Å². The summed E-state index contributed by atoms with van der Waals surface area (Å²) in [5.74, 6) is 0.485. The standard InChI is InChI=1S/C15H21NO2/c1-3-18-15(17)11(2)16-14-9-13(10-14)12-7-5-4-6-8-12/h4-8,11,13-14,16H,3,9-10H2,1-2H3. The first-order valence-corrected chi connectivity index (χ1v) is 6.68. The van der Waals surface area contributed by atoms with Gasteiger partial charge in [0, 0.05) is 6.04 Å². The zero-order valence-electron chi connectivity index (χ0n) is 11.1. The molecule has 2 rings (SSSR count). The van der Waals surface area contributed by atoms with Crippen molar-refractivity contribution in [3.8, 4) is 0 Å². The third-order valence-electron chi connectivity index (χ3n) is 3.53. The minimum atomic E-state index is -0.202. The second kappa shape index (κ2) is 6.01. The summed E-state index contributed by atoms with van der Waals surface area (Å²) in [6.07, 6.45) is 2.21. The van der Waals surface area contributed by atoms with Gasteiger partial charge in [0.2, 0.25) is 0 Å². The second-order valence-corrected chi connectivity index (χ2v) is 4.92. The van der Waals surface area contributed by atoms with E-state index in [1.165, 1.54) is 5.56 Å². The Kier molecular flexibility index (Phi) is 4.37. The number of carbonyl (C=O) groups excluding carboxylic acids is 1. The van der Waals surface area contributed by atoms with Gasteiger partial charge in [-0.1, -0.05) is 30.3 Å². The number of hydrogen-bond acceptors (Lipinski definition) is 3. The van der Waals surface area contributed by atoms with Crippen LogP contribution in [-0.4, -0.2) is 24.7 Å². The minimum absolute atomic E-state index is 0.152. The molecule has 98 valence electrons. The molecular weight excluding hydrogens is 226 g/mol. The van der Waals surface area contributed by atoms with Crippen molar-refractivity contribution >= 4 is 5.97 Å². The molecule has 1 fully saturated rings. The molecule has 0 heterocycles. The van der Waals surface area contributed by atoms with Gasteiger partial charge in [0.05, 0.1) is 6.61 Å². The number of carbonyl (C=O) groups is 1. The molecule has 0 aromatic heterocycles. The Morgan fingerprint density at radius 3 is 2.67 bits per heavy atom. The third kappa shape index (κ3) is 3.10. The van der Waals surface area contributed by atoms with Crippen molar-refractivity contribution in [3.05, 3.63) is 35.9 Å². The molecule has 0 bridgehead atoms. The van der Waals surface area contributed by atoms with Crippen LogP contribution in [0.15, 0.2) is 30.3 Å². The van der Waals surface area contributed by atoms with Gasteiger partial charge < -0.3 is 10.1 Å². The predicted molar refractivity (Wildman–Crippen MR) is 71.4 cm³/mol. The maximum atomic E-state index is 11.5. The SMILES string of the molecule is CCOC(=O)C(C)NC1CC(c2ccccc2)C1. The van der Waals surface area contributed by atoms with Crippen LogP contribution in [0.3, 0.4) is 0 Å². The molecule has 1 aliphatic rings. The molecule has 1 atom stereocenters. The molecule has 0 amide bonds. The Morgan fingerprint density at radius 2 is 2.06 bits per heavy atom. The Balaban J connectivity index is 1.75. The molecule has 3 nitrogen and oxygen atoms in total. The smallest absolute Gasteiger partial charge is 0.322 e. The minimum Gasteiger partial charge on any atom is -0.465 e. The molecule has 0 saturated heterocycles. The van der Waals surface area contributed by atoms with Crippen molar-refractivity contribution in [2.75, 3.05) is 6.61 Å². The second-order valence-electron chi connectivity index (χ2n) is 4.92. The molecule has 3 heteroatoms. The average molecular weight is 247 g/mol. The molecule has 1 aromatic carbocycles. The van der Waals surface area contributed by atoms with E-state index in [4.69, 9.17) is 4.74 Å². The zero-order chi connectivity index (χ0) is 13.0. The van der Waals surface area contributed by atoms with E-state index in [9.17, 15) is 4.79 Å². The fraction of sp³-hybridized carbons (Fsp3) is 0.533. The Labute approximate surface area is 109 Å². The first-order chi connectivity index (χ1) is 8.70. The van der Waals surface area contributed by atoms with Gasteiger partial charge >= 0.3 is 5.97 Å². The van der Waals surface area contributed by atoms with Gasteiger partial charge in [-0.25, -0.2) is 0 Å². The number of benzene rings is 1. The highest BCUT2D eigenvalue weighted by atomic mass is 16.5. The fourth-order valence-corrected chi connectivity index (χ4v) is 2.44. The highest BCUT2D eigenvalue weighted by molar-refractivity contribution is 5.75. The van der Waals surface area contributed by atoms with Crippen LogP contribution < -0.4 is 5.32 Å². The van der Waals surface area contributed by atoms with Gasteiger partial charge in [-0.15, -0.1) is 0 Å². The van der Waals surface area contributed by atoms with E-state index in [0.29, 0.717) is 18.6 Å². The lowest BCUT2D eigenvalue weighted by Crippen LogP contribution is -2.47. The Bertz CT molecular complexity index is 385. The number of hydrogen-bond donors (Lipinski definition) is 1. The highest BCUT2D eigenvalue weighted by Crippen LogP contribution is 2.36. The molecule has 18 heavy (non-hydrogen) atoms. The molecule has 0 spiro atoms. The summed E-state index contributed by atoms with van der Waals surface area (Å²) < 4.78 is 4.98. The van der Waals surface area contributed by atoms with Crippen molar-refractivity contribution in [2.45, 2.75) is 44.7 Å². The highest BCUT2D eigenvalue weighted by Gasteiger charge is 2.32. The van der Waals surface area contributed by atoms with E-state index in [2.05, 4.69) is 29.6 Å². The normalized spacial score (nSPS) is 24.1. The summed E-state index contributed by atoms with van der Waals surface area (Å²) in [6.45, 7) is 4.15. The van der Waals surface area contributed by atoms with Crippen LogP contribution in [0.2, 0.25) is 0 Å². The number of esters is 1. The summed E-state index contributed by atoms with van der Waals surface area (Å²) in [5, 5.41) is 3.33. The molecule has 1 N–H and O–H groups in total. The summed E-state index contributed by atoms with van der Waals surface area (Å²) in [5.41, 5.74) is 1.40. The van der Waals surface area contributed by atoms with E-state index in [0.717, 1.165) is 12.8 Å². The quantitative estimate of drug-likeness (QED) is 0.812. The van der Waals surface area contributed by atoms with Crippen LogP contribution in [0.1, 0.15) is 38.2 Å². The summed E-state index contributed by atoms with van der Waals surface area (Å²) in [4.78, 5) is 11.5. The van der Waals surface area contributed by atoms with Gasteiger partial charge in [0.1, 0.15) is 6.04 Å². The molecule has 1 aromatic rings. The van der Waals surface area contributed by atoms with Gasteiger partial charge in [-0.3, -0.25) is 4.79 Å². The fourth-order valence-electron chi connectivity index (χ4n) is 2.44. The van der Waals surface area contributed by atoms with E-state index < -0.39 is 0 Å². The van der Waals surface area contributed by atoms with E-state index in [1.54, 1.807) is 0 Å². The van der Waals surface area contributed by atoms with Crippen molar-refractivity contribution < 1.29 is 9.53 Å². The molecule has 1 aliphatic carbocycles. The summed E-state index contributed by atoms with van der Waals surface area (Å²) in [6, 6.07) is 10.8. The van der Waals surface area contributed by atoms with Crippen LogP contribution in [0.5, 0.6) is 0 Å². The molecule has 1 unspecified atom stereocenters. The van der Waals surface area contributed by atoms with Crippen LogP contribution in [0.25, 0.3) is 0 Å². The number of ether oxygens (including phenoxy) is 1. The van der Waals surface area contributed by atoms with Crippen molar-refractivity contribution in [3.63, 3.8) is 0 Å². The van der Waals surface area contributed by atoms with Crippen LogP contribution in [-0.2, 0) is 9.53 Å². The molecule has 1 saturated carbocycles. The number of nitrogens with one attached hydrogen (secondary N) is 1. The van der Waals surface area contributed by atoms with Crippen molar-refractivity contribution in [2.24, 2.45) is 0 Å². The topological polar surface area (TPSA) is 38.3 Å². The predicted octanol–water partition coefficient (Wildman–Crippen LogP) is 2.47. The Hall–Kier alpha value is -1.35. The summed E-state index contributed by atoms with van der Waals surface area (Å²) in [7, 11) is 0. The zero-order valence-corrected chi connectivity index (χ0v) is 11.1. The van der Waals surface area contributed by atoms with Gasteiger partial charge in [-0.2, -0.15) is 0 Å². The molecule has 0 aliphatic heterocycles. The lowest BCUT2D eigenvalue weighted by Gasteiger charge is -2.37. The van der Waals surface area contributed by atoms with Crippen LogP contribution in [0.4, 0.5) is 0 Å². The first-order valence-electron chi connectivity index (χ1n) is 6.68. The van der Waals surface area contributed by atoms with E-state index >= 15 is 0 Å². The molecule has 0 radical (unpaired) electrons. The largest absolute Gasteiger partial charge is 0.465 e. The maximum Gasteiger partial charge on any atom is 0.322 e. The monoisotopic (exact) mass is 247 g/mol. The average Bonchev–Trinajstić information content (AvgIpc) is 2.34. The summed E-state index contributed by atoms with van der Waals surface area (Å²) >= 11 is 0. The van der Waals surface area contributed by atoms with Crippen molar-refractivity contribution in [1.29, 1.82) is 0 Å². The van der Waals surface area contributed by atoms with Crippen LogP contribution in [0, 0.1) is 0 Å². The van der Waals surface area contributed by atoms with Crippen molar-refractivity contribution in [1.82, 2.24) is 5.32 Å². The van der Waals surface area contributed by atoms with E-state index in [-0.39, 0.29) is 12.0 Å². The van der Waals surface area contributed by atoms with Gasteiger partial charge in [0.15, 0.2) is 0 Å². The molecular formula is C15H21NO2. The lowest BCUT2D eigenvalue weighted by atomic mass is 9.75. The van der Waals surface area contributed by atoms with Gasteiger partial charge in [0.25, 0.3) is 0 Å². The third-order valence-corrected chi connectivity index (χ3v) is 3.53. The first kappa shape index (κ1) is 13.1. The number of rotatable bonds is 5. The Morgan fingerprint density at radius 1 is 1.39 bits per heavy atom. The van der Waals surface area contributed by atoms with E-state index in [1.807, 2.05) is 19.9 Å².